The first-order chi connectivity index (χ1) is 9.03. The summed E-state index contributed by atoms with van der Waals surface area (Å²) in [5, 5.41) is 0.671. The van der Waals surface area contributed by atoms with Crippen LogP contribution in [-0.2, 0) is 10.2 Å². The number of anilines is 2. The molecule has 1 heterocycles. The second-order valence-corrected chi connectivity index (χ2v) is 5.60. The second kappa shape index (κ2) is 5.41. The lowest BCUT2D eigenvalue weighted by Gasteiger charge is -2.11. The molecule has 0 radical (unpaired) electrons. The number of nitrogens with zero attached hydrogens (tertiary/aromatic N) is 1. The van der Waals surface area contributed by atoms with Crippen LogP contribution >= 0.6 is 0 Å². The number of fused-ring (bicyclic) bond motifs is 1. The summed E-state index contributed by atoms with van der Waals surface area (Å²) in [4.78, 5) is 4.15. The van der Waals surface area contributed by atoms with Gasteiger partial charge in [0.2, 0.25) is 0 Å². The van der Waals surface area contributed by atoms with Crippen LogP contribution < -0.4 is 15.2 Å². The maximum absolute atomic E-state index is 11.8. The van der Waals surface area contributed by atoms with Crippen molar-refractivity contribution in [1.29, 1.82) is 0 Å². The van der Waals surface area contributed by atoms with Gasteiger partial charge in [-0.25, -0.2) is 0 Å². The molecule has 7 heteroatoms. The van der Waals surface area contributed by atoms with E-state index in [0.717, 1.165) is 6.42 Å². The fourth-order valence-electron chi connectivity index (χ4n) is 1.70. The zero-order chi connectivity index (χ0) is 13.9. The van der Waals surface area contributed by atoms with E-state index in [2.05, 4.69) is 14.4 Å². The maximum Gasteiger partial charge on any atom is 0.299 e. The lowest BCUT2D eigenvalue weighted by molar-refractivity contribution is 0.586. The van der Waals surface area contributed by atoms with E-state index >= 15 is 0 Å². The number of nitrogens with two attached hydrogens (primary N) is 1. The summed E-state index contributed by atoms with van der Waals surface area (Å²) in [6, 6.07) is 6.77. The van der Waals surface area contributed by atoms with Gasteiger partial charge < -0.3 is 5.73 Å². The molecule has 102 valence electrons. The Kier molecular flexibility index (Phi) is 3.87. The van der Waals surface area contributed by atoms with Gasteiger partial charge in [0.05, 0.1) is 16.9 Å². The van der Waals surface area contributed by atoms with Crippen LogP contribution in [0.4, 0.5) is 11.4 Å². The molecule has 0 atom stereocenters. The zero-order valence-corrected chi connectivity index (χ0v) is 11.4. The van der Waals surface area contributed by atoms with E-state index in [1.807, 2.05) is 6.92 Å². The average molecular weight is 280 g/mol. The van der Waals surface area contributed by atoms with Gasteiger partial charge in [-0.2, -0.15) is 13.1 Å². The first-order valence-corrected chi connectivity index (χ1v) is 7.42. The molecule has 1 aromatic heterocycles. The van der Waals surface area contributed by atoms with Crippen molar-refractivity contribution in [2.24, 2.45) is 0 Å². The summed E-state index contributed by atoms with van der Waals surface area (Å²) in [6.45, 7) is 2.28. The first-order valence-electron chi connectivity index (χ1n) is 5.94. The molecule has 1 aromatic carbocycles. The Balaban J connectivity index is 2.39. The highest BCUT2D eigenvalue weighted by molar-refractivity contribution is 7.90. The molecule has 0 saturated heterocycles. The van der Waals surface area contributed by atoms with Crippen LogP contribution in [0, 0.1) is 0 Å². The monoisotopic (exact) mass is 280 g/mol. The van der Waals surface area contributed by atoms with Crippen LogP contribution in [0.2, 0.25) is 0 Å². The number of nitrogen functional groups attached to an aromatic ring is 1. The third-order valence-electron chi connectivity index (χ3n) is 2.59. The van der Waals surface area contributed by atoms with Crippen molar-refractivity contribution in [1.82, 2.24) is 9.71 Å². The molecule has 0 aliphatic rings. The third kappa shape index (κ3) is 3.12. The van der Waals surface area contributed by atoms with Gasteiger partial charge in [-0.05, 0) is 30.7 Å². The van der Waals surface area contributed by atoms with Crippen LogP contribution in [0.25, 0.3) is 10.9 Å². The molecule has 6 nitrogen and oxygen atoms in total. The number of rotatable bonds is 5. The summed E-state index contributed by atoms with van der Waals surface area (Å²) < 4.78 is 28.6. The molecule has 2 aromatic rings. The van der Waals surface area contributed by atoms with Crippen molar-refractivity contribution < 1.29 is 8.42 Å². The van der Waals surface area contributed by atoms with Crippen molar-refractivity contribution in [2.45, 2.75) is 13.3 Å². The predicted molar refractivity (Wildman–Crippen MR) is 77.0 cm³/mol. The van der Waals surface area contributed by atoms with Gasteiger partial charge in [0.25, 0.3) is 10.2 Å². The van der Waals surface area contributed by atoms with E-state index in [1.165, 1.54) is 0 Å². The number of pyridine rings is 1. The van der Waals surface area contributed by atoms with Crippen LogP contribution in [0.5, 0.6) is 0 Å². The Bertz CT molecular complexity index is 685. The number of aromatic nitrogens is 1. The molecular formula is C12H16N4O2S. The van der Waals surface area contributed by atoms with Crippen molar-refractivity contribution in [3.05, 3.63) is 30.5 Å². The third-order valence-corrected chi connectivity index (χ3v) is 3.66. The topological polar surface area (TPSA) is 97.1 Å². The minimum atomic E-state index is -3.57. The molecule has 4 N–H and O–H groups in total. The highest BCUT2D eigenvalue weighted by Gasteiger charge is 2.12. The average Bonchev–Trinajstić information content (AvgIpc) is 2.40. The molecule has 0 spiro atoms. The smallest absolute Gasteiger partial charge is 0.299 e. The van der Waals surface area contributed by atoms with Crippen molar-refractivity contribution in [3.8, 4) is 0 Å². The van der Waals surface area contributed by atoms with E-state index < -0.39 is 10.2 Å². The van der Waals surface area contributed by atoms with Crippen molar-refractivity contribution >= 4 is 32.5 Å². The van der Waals surface area contributed by atoms with E-state index in [-0.39, 0.29) is 0 Å². The van der Waals surface area contributed by atoms with Gasteiger partial charge in [0.15, 0.2) is 0 Å². The number of nitrogens with one attached hydrogen (secondary N) is 2. The van der Waals surface area contributed by atoms with Crippen LogP contribution in [0.3, 0.4) is 0 Å². The van der Waals surface area contributed by atoms with Gasteiger partial charge in [0.1, 0.15) is 0 Å². The van der Waals surface area contributed by atoms with Gasteiger partial charge in [-0.15, -0.1) is 0 Å². The molecule has 0 fully saturated rings. The molecule has 0 bridgehead atoms. The molecule has 0 amide bonds. The van der Waals surface area contributed by atoms with Crippen LogP contribution in [-0.4, -0.2) is 19.9 Å². The Hall–Kier alpha value is -1.86. The molecule has 0 unspecified atom stereocenters. The zero-order valence-electron chi connectivity index (χ0n) is 10.6. The maximum atomic E-state index is 11.8. The number of hydrogen-bond donors (Lipinski definition) is 3. The van der Waals surface area contributed by atoms with Crippen molar-refractivity contribution in [2.75, 3.05) is 17.0 Å². The molecule has 2 rings (SSSR count). The Morgan fingerprint density at radius 1 is 1.32 bits per heavy atom. The van der Waals surface area contributed by atoms with E-state index in [9.17, 15) is 8.42 Å². The van der Waals surface area contributed by atoms with E-state index in [4.69, 9.17) is 5.73 Å². The minimum absolute atomic E-state index is 0.389. The molecule has 19 heavy (non-hydrogen) atoms. The number of hydrogen-bond acceptors (Lipinski definition) is 4. The Labute approximate surface area is 112 Å². The van der Waals surface area contributed by atoms with Gasteiger partial charge in [0, 0.05) is 18.1 Å². The van der Waals surface area contributed by atoms with E-state index in [1.54, 1.807) is 30.5 Å². The second-order valence-electron chi connectivity index (χ2n) is 4.10. The van der Waals surface area contributed by atoms with Crippen LogP contribution in [0.1, 0.15) is 13.3 Å². The molecule has 0 saturated carbocycles. The summed E-state index contributed by atoms with van der Waals surface area (Å²) in [7, 11) is -3.57. The lowest BCUT2D eigenvalue weighted by Crippen LogP contribution is -2.30. The SMILES string of the molecule is CCCNS(=O)(=O)Nc1ccc(N)c2ncccc12. The highest BCUT2D eigenvalue weighted by Crippen LogP contribution is 2.26. The largest absolute Gasteiger partial charge is 0.397 e. The Morgan fingerprint density at radius 2 is 2.11 bits per heavy atom. The first kappa shape index (κ1) is 13.6. The Morgan fingerprint density at radius 3 is 2.84 bits per heavy atom. The summed E-state index contributed by atoms with van der Waals surface area (Å²) >= 11 is 0. The lowest BCUT2D eigenvalue weighted by atomic mass is 10.1. The van der Waals surface area contributed by atoms with Crippen molar-refractivity contribution in [3.63, 3.8) is 0 Å². The van der Waals surface area contributed by atoms with E-state index in [0.29, 0.717) is 28.8 Å². The fourth-order valence-corrected chi connectivity index (χ4v) is 2.71. The normalized spacial score (nSPS) is 11.6. The van der Waals surface area contributed by atoms with Gasteiger partial charge in [-0.1, -0.05) is 6.92 Å². The molecule has 0 aliphatic heterocycles. The summed E-state index contributed by atoms with van der Waals surface area (Å²) in [6.07, 6.45) is 2.34. The molecule has 0 aliphatic carbocycles. The van der Waals surface area contributed by atoms with Gasteiger partial charge >= 0.3 is 0 Å². The summed E-state index contributed by atoms with van der Waals surface area (Å²) in [5.41, 5.74) is 7.37. The van der Waals surface area contributed by atoms with Gasteiger partial charge in [-0.3, -0.25) is 9.71 Å². The molecular weight excluding hydrogens is 264 g/mol. The van der Waals surface area contributed by atoms with Crippen LogP contribution in [0.15, 0.2) is 30.5 Å². The standard InChI is InChI=1S/C12H16N4O2S/c1-2-7-15-19(17,18)16-11-6-5-10(13)12-9(11)4-3-8-14-12/h3-6,8,15-16H,2,7,13H2,1H3. The summed E-state index contributed by atoms with van der Waals surface area (Å²) in [5.74, 6) is 0. The quantitative estimate of drug-likeness (QED) is 0.722. The predicted octanol–water partition coefficient (Wildman–Crippen LogP) is 1.47. The highest BCUT2D eigenvalue weighted by atomic mass is 32.2. The minimum Gasteiger partial charge on any atom is -0.397 e. The number of benzene rings is 1. The fraction of sp³-hybridized carbons (Fsp3) is 0.250.